The van der Waals surface area contributed by atoms with Gasteiger partial charge in [0, 0.05) is 37.3 Å². The number of amides is 1. The van der Waals surface area contributed by atoms with Crippen LogP contribution in [0.25, 0.3) is 0 Å². The van der Waals surface area contributed by atoms with E-state index in [1.165, 1.54) is 0 Å². The topological polar surface area (TPSA) is 83.0 Å². The number of carboxylic acid groups (broad SMARTS) is 1. The molecule has 1 aliphatic heterocycles. The van der Waals surface area contributed by atoms with Crippen molar-refractivity contribution in [2.75, 3.05) is 31.1 Å². The molecule has 1 saturated heterocycles. The molecule has 3 rings (SSSR count). The van der Waals surface area contributed by atoms with Gasteiger partial charge in [-0.3, -0.25) is 9.69 Å². The number of carbonyl (C=O) groups is 2. The van der Waals surface area contributed by atoms with Gasteiger partial charge >= 0.3 is 5.97 Å². The monoisotopic (exact) mass is 441 g/mol. The van der Waals surface area contributed by atoms with Gasteiger partial charge in [-0.05, 0) is 39.3 Å². The van der Waals surface area contributed by atoms with Crippen molar-refractivity contribution >= 4 is 29.4 Å². The van der Waals surface area contributed by atoms with Gasteiger partial charge in [-0.2, -0.15) is 0 Å². The fraction of sp³-hybridized carbons (Fsp3) is 0.435. The molecule has 0 spiro atoms. The second kappa shape index (κ2) is 9.94. The summed E-state index contributed by atoms with van der Waals surface area (Å²) in [6, 6.07) is 7.14. The van der Waals surface area contributed by atoms with Crippen LogP contribution in [0.2, 0.25) is 0 Å². The van der Waals surface area contributed by atoms with Crippen LogP contribution in [0.3, 0.4) is 0 Å². The molecule has 1 aliphatic rings. The van der Waals surface area contributed by atoms with Crippen LogP contribution in [-0.4, -0.2) is 59.7 Å². The summed E-state index contributed by atoms with van der Waals surface area (Å²) in [6.07, 6.45) is 3.18. The molecule has 0 aliphatic carbocycles. The molecule has 8 heteroatoms. The summed E-state index contributed by atoms with van der Waals surface area (Å²) in [7, 11) is 0. The van der Waals surface area contributed by atoms with Gasteiger partial charge in [0.05, 0.1) is 16.6 Å². The highest BCUT2D eigenvalue weighted by atomic mass is 32.1. The van der Waals surface area contributed by atoms with Gasteiger partial charge in [0.15, 0.2) is 0 Å². The van der Waals surface area contributed by atoms with E-state index >= 15 is 0 Å². The molecule has 7 nitrogen and oxygen atoms in total. The first kappa shape index (κ1) is 22.8. The number of hydrogen-bond donors (Lipinski definition) is 1. The van der Waals surface area contributed by atoms with Crippen LogP contribution in [0.15, 0.2) is 30.5 Å². The van der Waals surface area contributed by atoms with Crippen LogP contribution >= 0.6 is 11.3 Å². The molecule has 1 fully saturated rings. The third-order valence-electron chi connectivity index (χ3n) is 4.80. The van der Waals surface area contributed by atoms with Gasteiger partial charge in [-0.25, -0.2) is 9.78 Å². The molecule has 0 saturated carbocycles. The van der Waals surface area contributed by atoms with Crippen molar-refractivity contribution in [2.24, 2.45) is 5.41 Å². The van der Waals surface area contributed by atoms with Crippen LogP contribution in [0.1, 0.15) is 41.7 Å². The molecule has 2 aromatic heterocycles. The van der Waals surface area contributed by atoms with Gasteiger partial charge in [0.2, 0.25) is 12.3 Å². The predicted octanol–water partition coefficient (Wildman–Crippen LogP) is 3.36. The second-order valence-electron chi connectivity index (χ2n) is 8.40. The zero-order chi connectivity index (χ0) is 22.4. The maximum Gasteiger partial charge on any atom is 0.348 e. The fourth-order valence-electron chi connectivity index (χ4n) is 3.33. The van der Waals surface area contributed by atoms with Gasteiger partial charge in [0.25, 0.3) is 0 Å². The second-order valence-corrected chi connectivity index (χ2v) is 9.45. The minimum atomic E-state index is -1.05. The van der Waals surface area contributed by atoms with Crippen molar-refractivity contribution in [3.05, 3.63) is 40.2 Å². The molecule has 0 bridgehead atoms. The third-order valence-corrected chi connectivity index (χ3v) is 5.82. The maximum absolute atomic E-state index is 11.9. The van der Waals surface area contributed by atoms with Crippen molar-refractivity contribution in [1.29, 1.82) is 0 Å². The first-order chi connectivity index (χ1) is 14.8. The number of likely N-dealkylation sites (tertiary alicyclic amines) is 1. The van der Waals surface area contributed by atoms with Gasteiger partial charge in [0.1, 0.15) is 11.5 Å². The lowest BCUT2D eigenvalue weighted by molar-refractivity contribution is -0.107. The quantitative estimate of drug-likeness (QED) is 0.500. The standard InChI is InChI=1S/C23H27N3O4S/c1-23(2,3)9-7-18-14-19(21(31-18)22(28)29)26(16-27)17-8-11-25(15-17)12-13-30-20-6-4-5-10-24-20/h4-6,10,14,16-17H,8,11-13,15H2,1-3H3,(H,28,29)/t17-/m0/s1. The maximum atomic E-state index is 11.9. The fourth-order valence-corrected chi connectivity index (χ4v) is 4.18. The predicted molar refractivity (Wildman–Crippen MR) is 121 cm³/mol. The van der Waals surface area contributed by atoms with Crippen LogP contribution in [-0.2, 0) is 4.79 Å². The Labute approximate surface area is 186 Å². The lowest BCUT2D eigenvalue weighted by Crippen LogP contribution is -2.38. The number of rotatable bonds is 8. The summed E-state index contributed by atoms with van der Waals surface area (Å²) in [4.78, 5) is 32.4. The third kappa shape index (κ3) is 6.29. The van der Waals surface area contributed by atoms with Gasteiger partial charge < -0.3 is 14.7 Å². The highest BCUT2D eigenvalue weighted by molar-refractivity contribution is 7.15. The van der Waals surface area contributed by atoms with E-state index in [2.05, 4.69) is 21.7 Å². The molecular formula is C23H27N3O4S. The number of hydrogen-bond acceptors (Lipinski definition) is 6. The highest BCUT2D eigenvalue weighted by Crippen LogP contribution is 2.32. The van der Waals surface area contributed by atoms with E-state index in [0.717, 1.165) is 30.7 Å². The number of thiophene rings is 1. The Morgan fingerprint density at radius 2 is 2.26 bits per heavy atom. The first-order valence-electron chi connectivity index (χ1n) is 10.2. The summed E-state index contributed by atoms with van der Waals surface area (Å²) in [5.41, 5.74) is 0.226. The smallest absolute Gasteiger partial charge is 0.348 e. The Balaban J connectivity index is 1.67. The molecule has 1 amide bonds. The SMILES string of the molecule is CC(C)(C)C#Cc1cc(N(C=O)[C@H]2CCN(CCOc3ccccn3)C2)c(C(=O)O)s1. The van der Waals surface area contributed by atoms with Gasteiger partial charge in [-0.15, -0.1) is 11.3 Å². The van der Waals surface area contributed by atoms with Crippen LogP contribution in [0.4, 0.5) is 5.69 Å². The number of carbonyl (C=O) groups excluding carboxylic acids is 1. The lowest BCUT2D eigenvalue weighted by atomic mass is 9.98. The van der Waals surface area contributed by atoms with Crippen molar-refractivity contribution in [2.45, 2.75) is 33.2 Å². The largest absolute Gasteiger partial charge is 0.477 e. The molecule has 31 heavy (non-hydrogen) atoms. The minimum absolute atomic E-state index is 0.0940. The van der Waals surface area contributed by atoms with E-state index in [-0.39, 0.29) is 16.3 Å². The molecule has 0 radical (unpaired) electrons. The summed E-state index contributed by atoms with van der Waals surface area (Å²) in [6.45, 7) is 8.65. The van der Waals surface area contributed by atoms with Crippen LogP contribution in [0, 0.1) is 17.3 Å². The summed E-state index contributed by atoms with van der Waals surface area (Å²) >= 11 is 1.11. The van der Waals surface area contributed by atoms with Crippen LogP contribution < -0.4 is 9.64 Å². The Morgan fingerprint density at radius 3 is 2.90 bits per heavy atom. The lowest BCUT2D eigenvalue weighted by Gasteiger charge is -2.25. The normalized spacial score (nSPS) is 16.4. The molecule has 2 aromatic rings. The molecule has 1 N–H and O–H groups in total. The Kier molecular flexibility index (Phi) is 7.31. The number of aromatic carboxylic acids is 1. The average molecular weight is 442 g/mol. The number of nitrogens with zero attached hydrogens (tertiary/aromatic N) is 3. The van der Waals surface area contributed by atoms with Crippen molar-refractivity contribution in [3.8, 4) is 17.7 Å². The summed E-state index contributed by atoms with van der Waals surface area (Å²) < 4.78 is 5.66. The summed E-state index contributed by atoms with van der Waals surface area (Å²) in [5, 5.41) is 9.66. The van der Waals surface area contributed by atoms with E-state index in [4.69, 9.17) is 4.74 Å². The molecule has 0 unspecified atom stereocenters. The van der Waals surface area contributed by atoms with Crippen molar-refractivity contribution < 1.29 is 19.4 Å². The molecule has 164 valence electrons. The van der Waals surface area contributed by atoms with E-state index in [9.17, 15) is 14.7 Å². The Bertz CT molecular complexity index is 972. The average Bonchev–Trinajstić information content (AvgIpc) is 3.35. The minimum Gasteiger partial charge on any atom is -0.477 e. The number of carboxylic acids is 1. The van der Waals surface area contributed by atoms with Crippen molar-refractivity contribution in [3.63, 3.8) is 0 Å². The Hall–Kier alpha value is -2.89. The number of aromatic nitrogens is 1. The highest BCUT2D eigenvalue weighted by Gasteiger charge is 2.31. The van der Waals surface area contributed by atoms with Crippen LogP contribution in [0.5, 0.6) is 5.88 Å². The molecule has 3 heterocycles. The zero-order valence-corrected chi connectivity index (χ0v) is 18.8. The Morgan fingerprint density at radius 1 is 1.45 bits per heavy atom. The number of ether oxygens (including phenoxy) is 1. The number of pyridine rings is 1. The molecule has 1 atom stereocenters. The van der Waals surface area contributed by atoms with E-state index in [1.807, 2.05) is 39.0 Å². The first-order valence-corrected chi connectivity index (χ1v) is 11.0. The summed E-state index contributed by atoms with van der Waals surface area (Å²) in [5.74, 6) is 5.71. The number of anilines is 1. The molecular weight excluding hydrogens is 414 g/mol. The zero-order valence-electron chi connectivity index (χ0n) is 18.0. The van der Waals surface area contributed by atoms with E-state index in [0.29, 0.717) is 36.1 Å². The van der Waals surface area contributed by atoms with E-state index < -0.39 is 5.97 Å². The molecule has 0 aromatic carbocycles. The van der Waals surface area contributed by atoms with E-state index in [1.54, 1.807) is 17.2 Å². The van der Waals surface area contributed by atoms with Gasteiger partial charge in [-0.1, -0.05) is 17.9 Å². The van der Waals surface area contributed by atoms with Crippen molar-refractivity contribution in [1.82, 2.24) is 9.88 Å².